The van der Waals surface area contributed by atoms with E-state index in [4.69, 9.17) is 0 Å². The van der Waals surface area contributed by atoms with Gasteiger partial charge in [0.15, 0.2) is 0 Å². The molecule has 2 rings (SSSR count). The van der Waals surface area contributed by atoms with Gasteiger partial charge in [0.1, 0.15) is 0 Å². The molecule has 0 amide bonds. The highest BCUT2D eigenvalue weighted by Crippen LogP contribution is 2.30. The Kier molecular flexibility index (Phi) is 3.49. The Balaban J connectivity index is 2.13. The van der Waals surface area contributed by atoms with E-state index in [1.165, 1.54) is 23.2 Å². The third kappa shape index (κ3) is 2.56. The molecule has 2 N–H and O–H groups in total. The van der Waals surface area contributed by atoms with E-state index in [0.29, 0.717) is 12.0 Å². The number of hydrogen-bond donors (Lipinski definition) is 2. The van der Waals surface area contributed by atoms with Crippen LogP contribution in [0.4, 0.5) is 5.69 Å². The fraction of sp³-hybridized carbons (Fsp3) is 0.571. The van der Waals surface area contributed by atoms with Gasteiger partial charge in [0, 0.05) is 18.3 Å². The van der Waals surface area contributed by atoms with Gasteiger partial charge >= 0.3 is 0 Å². The van der Waals surface area contributed by atoms with Crippen molar-refractivity contribution in [3.8, 4) is 0 Å². The molecule has 0 saturated carbocycles. The van der Waals surface area contributed by atoms with Crippen molar-refractivity contribution in [3.63, 3.8) is 0 Å². The summed E-state index contributed by atoms with van der Waals surface area (Å²) in [5.41, 5.74) is 4.07. The monoisotopic (exact) mass is 218 g/mol. The van der Waals surface area contributed by atoms with Crippen LogP contribution >= 0.6 is 0 Å². The minimum atomic E-state index is 0.527. The molecule has 1 aromatic rings. The predicted molar refractivity (Wildman–Crippen MR) is 69.9 cm³/mol. The van der Waals surface area contributed by atoms with Crippen molar-refractivity contribution >= 4 is 5.69 Å². The summed E-state index contributed by atoms with van der Waals surface area (Å²) in [6, 6.07) is 7.24. The number of rotatable bonds is 3. The van der Waals surface area contributed by atoms with Gasteiger partial charge < -0.3 is 10.6 Å². The molecule has 16 heavy (non-hydrogen) atoms. The van der Waals surface area contributed by atoms with Crippen molar-refractivity contribution in [1.82, 2.24) is 5.32 Å². The average Bonchev–Trinajstić information content (AvgIpc) is 2.25. The summed E-state index contributed by atoms with van der Waals surface area (Å²) < 4.78 is 0. The maximum atomic E-state index is 3.66. The van der Waals surface area contributed by atoms with Crippen LogP contribution in [-0.4, -0.2) is 13.1 Å². The van der Waals surface area contributed by atoms with Gasteiger partial charge in [0.2, 0.25) is 0 Å². The van der Waals surface area contributed by atoms with Crippen LogP contribution in [0.5, 0.6) is 0 Å². The van der Waals surface area contributed by atoms with Gasteiger partial charge in [-0.1, -0.05) is 26.0 Å². The first-order chi connectivity index (χ1) is 7.66. The zero-order chi connectivity index (χ0) is 11.5. The van der Waals surface area contributed by atoms with Crippen LogP contribution in [0.1, 0.15) is 37.4 Å². The Morgan fingerprint density at radius 3 is 3.00 bits per heavy atom. The molecule has 0 spiro atoms. The Labute approximate surface area is 98.4 Å². The molecule has 0 fully saturated rings. The summed E-state index contributed by atoms with van der Waals surface area (Å²) >= 11 is 0. The van der Waals surface area contributed by atoms with Crippen LogP contribution in [0, 0.1) is 12.8 Å². The Morgan fingerprint density at radius 2 is 2.25 bits per heavy atom. The molecular formula is C14H22N2. The molecule has 1 aromatic carbocycles. The minimum Gasteiger partial charge on any atom is -0.385 e. The van der Waals surface area contributed by atoms with Crippen molar-refractivity contribution in [2.24, 2.45) is 5.92 Å². The number of benzene rings is 1. The molecular weight excluding hydrogens is 196 g/mol. The van der Waals surface area contributed by atoms with E-state index in [2.05, 4.69) is 49.6 Å². The lowest BCUT2D eigenvalue weighted by atomic mass is 9.96. The molecule has 0 bridgehead atoms. The van der Waals surface area contributed by atoms with E-state index >= 15 is 0 Å². The number of anilines is 1. The summed E-state index contributed by atoms with van der Waals surface area (Å²) in [7, 11) is 0. The maximum Gasteiger partial charge on any atom is 0.0391 e. The SMILES string of the molecule is Cc1ccc2c(c1)NCCC2NCC(C)C. The van der Waals surface area contributed by atoms with E-state index in [0.717, 1.165) is 13.1 Å². The molecule has 0 aliphatic carbocycles. The van der Waals surface area contributed by atoms with Crippen LogP contribution in [0.2, 0.25) is 0 Å². The van der Waals surface area contributed by atoms with E-state index in [9.17, 15) is 0 Å². The van der Waals surface area contributed by atoms with Gasteiger partial charge in [-0.25, -0.2) is 0 Å². The highest BCUT2D eigenvalue weighted by Gasteiger charge is 2.19. The van der Waals surface area contributed by atoms with E-state index in [1.54, 1.807) is 0 Å². The summed E-state index contributed by atoms with van der Waals surface area (Å²) in [6.07, 6.45) is 1.18. The summed E-state index contributed by atoms with van der Waals surface area (Å²) in [5, 5.41) is 7.14. The van der Waals surface area contributed by atoms with E-state index in [1.807, 2.05) is 0 Å². The third-order valence-corrected chi connectivity index (χ3v) is 3.11. The van der Waals surface area contributed by atoms with Gasteiger partial charge in [-0.05, 0) is 43.0 Å². The highest BCUT2D eigenvalue weighted by atomic mass is 15.0. The van der Waals surface area contributed by atoms with Crippen molar-refractivity contribution in [1.29, 1.82) is 0 Å². The molecule has 1 aliphatic rings. The van der Waals surface area contributed by atoms with Gasteiger partial charge in [0.05, 0.1) is 0 Å². The molecule has 1 unspecified atom stereocenters. The molecule has 2 heteroatoms. The second-order valence-corrected chi connectivity index (χ2v) is 5.16. The van der Waals surface area contributed by atoms with Crippen LogP contribution in [0.25, 0.3) is 0 Å². The van der Waals surface area contributed by atoms with Crippen molar-refractivity contribution in [2.45, 2.75) is 33.2 Å². The predicted octanol–water partition coefficient (Wildman–Crippen LogP) is 3.10. The summed E-state index contributed by atoms with van der Waals surface area (Å²) in [6.45, 7) is 8.82. The molecule has 2 nitrogen and oxygen atoms in total. The van der Waals surface area contributed by atoms with Gasteiger partial charge in [-0.3, -0.25) is 0 Å². The number of nitrogens with one attached hydrogen (secondary N) is 2. The zero-order valence-corrected chi connectivity index (χ0v) is 10.5. The van der Waals surface area contributed by atoms with Gasteiger partial charge in [-0.15, -0.1) is 0 Å². The maximum absolute atomic E-state index is 3.66. The van der Waals surface area contributed by atoms with Crippen molar-refractivity contribution < 1.29 is 0 Å². The second kappa shape index (κ2) is 4.88. The standard InChI is InChI=1S/C14H22N2/c1-10(2)9-16-13-6-7-15-14-8-11(3)4-5-12(13)14/h4-5,8,10,13,15-16H,6-7,9H2,1-3H3. The lowest BCUT2D eigenvalue weighted by Crippen LogP contribution is -2.30. The topological polar surface area (TPSA) is 24.1 Å². The smallest absolute Gasteiger partial charge is 0.0391 e. The lowest BCUT2D eigenvalue weighted by molar-refractivity contribution is 0.454. The van der Waals surface area contributed by atoms with Crippen molar-refractivity contribution in [3.05, 3.63) is 29.3 Å². The Morgan fingerprint density at radius 1 is 1.44 bits per heavy atom. The summed E-state index contributed by atoms with van der Waals surface area (Å²) in [4.78, 5) is 0. The number of aryl methyl sites for hydroxylation is 1. The van der Waals surface area contributed by atoms with Crippen LogP contribution in [0.3, 0.4) is 0 Å². The Hall–Kier alpha value is -1.02. The lowest BCUT2D eigenvalue weighted by Gasteiger charge is -2.28. The minimum absolute atomic E-state index is 0.527. The van der Waals surface area contributed by atoms with Gasteiger partial charge in [0.25, 0.3) is 0 Å². The molecule has 0 saturated heterocycles. The first-order valence-corrected chi connectivity index (χ1v) is 6.24. The fourth-order valence-electron chi connectivity index (χ4n) is 2.22. The third-order valence-electron chi connectivity index (χ3n) is 3.11. The normalized spacial score (nSPS) is 19.4. The van der Waals surface area contributed by atoms with Crippen molar-refractivity contribution in [2.75, 3.05) is 18.4 Å². The number of fused-ring (bicyclic) bond motifs is 1. The largest absolute Gasteiger partial charge is 0.385 e. The average molecular weight is 218 g/mol. The molecule has 1 heterocycles. The summed E-state index contributed by atoms with van der Waals surface area (Å²) in [5.74, 6) is 0.712. The first-order valence-electron chi connectivity index (χ1n) is 6.24. The van der Waals surface area contributed by atoms with Crippen LogP contribution in [-0.2, 0) is 0 Å². The van der Waals surface area contributed by atoms with Crippen LogP contribution < -0.4 is 10.6 Å². The Bertz CT molecular complexity index is 358. The van der Waals surface area contributed by atoms with E-state index in [-0.39, 0.29) is 0 Å². The molecule has 0 radical (unpaired) electrons. The van der Waals surface area contributed by atoms with Gasteiger partial charge in [-0.2, -0.15) is 0 Å². The molecule has 1 atom stereocenters. The molecule has 0 aromatic heterocycles. The molecule has 88 valence electrons. The highest BCUT2D eigenvalue weighted by molar-refractivity contribution is 5.56. The molecule has 1 aliphatic heterocycles. The number of hydrogen-bond acceptors (Lipinski definition) is 2. The first kappa shape index (κ1) is 11.5. The fourth-order valence-corrected chi connectivity index (χ4v) is 2.22. The quantitative estimate of drug-likeness (QED) is 0.814. The second-order valence-electron chi connectivity index (χ2n) is 5.16. The van der Waals surface area contributed by atoms with E-state index < -0.39 is 0 Å². The van der Waals surface area contributed by atoms with Crippen LogP contribution in [0.15, 0.2) is 18.2 Å². The zero-order valence-electron chi connectivity index (χ0n) is 10.5.